The van der Waals surface area contributed by atoms with E-state index in [1.165, 1.54) is 0 Å². The molecule has 0 aliphatic carbocycles. The van der Waals surface area contributed by atoms with Gasteiger partial charge in [-0.05, 0) is 24.3 Å². The maximum absolute atomic E-state index is 11.7. The van der Waals surface area contributed by atoms with Crippen LogP contribution in [-0.2, 0) is 5.75 Å². The maximum Gasteiger partial charge on any atom is 0.251 e. The monoisotopic (exact) mass is 290 g/mol. The highest BCUT2D eigenvalue weighted by molar-refractivity contribution is 7.98. The van der Waals surface area contributed by atoms with Crippen molar-refractivity contribution in [3.8, 4) is 0 Å². The number of thiazole rings is 1. The van der Waals surface area contributed by atoms with Gasteiger partial charge in [0.15, 0.2) is 0 Å². The van der Waals surface area contributed by atoms with Crippen LogP contribution in [0.3, 0.4) is 0 Å². The summed E-state index contributed by atoms with van der Waals surface area (Å²) in [6.07, 6.45) is 1.66. The Kier molecular flexibility index (Phi) is 5.18. The van der Waals surface area contributed by atoms with Gasteiger partial charge < -0.3 is 5.32 Å². The third-order valence-corrected chi connectivity index (χ3v) is 4.07. The van der Waals surface area contributed by atoms with Crippen molar-refractivity contribution in [2.24, 2.45) is 0 Å². The van der Waals surface area contributed by atoms with Crippen LogP contribution in [0, 0.1) is 0 Å². The molecule has 0 unspecified atom stereocenters. The number of nitrogens with zero attached hydrogens (tertiary/aromatic N) is 1. The van der Waals surface area contributed by atoms with E-state index < -0.39 is 0 Å². The Morgan fingerprint density at radius 1 is 1.42 bits per heavy atom. The molecule has 98 valence electrons. The largest absolute Gasteiger partial charge is 0.349 e. The number of hydrogen-bond acceptors (Lipinski definition) is 4. The second kappa shape index (κ2) is 7.11. The van der Waals surface area contributed by atoms with Gasteiger partial charge >= 0.3 is 0 Å². The van der Waals surface area contributed by atoms with Crippen molar-refractivity contribution >= 4 is 29.0 Å². The summed E-state index contributed by atoms with van der Waals surface area (Å²) in [5.41, 5.74) is 3.59. The van der Waals surface area contributed by atoms with Gasteiger partial charge in [0.25, 0.3) is 5.91 Å². The Morgan fingerprint density at radius 2 is 2.21 bits per heavy atom. The molecular formula is C14H14N2OS2. The molecule has 1 N–H and O–H groups in total. The molecule has 0 radical (unpaired) electrons. The minimum atomic E-state index is -0.0732. The molecule has 0 atom stereocenters. The number of benzene rings is 1. The molecule has 0 bridgehead atoms. The fraction of sp³-hybridized carbons (Fsp3) is 0.143. The summed E-state index contributed by atoms with van der Waals surface area (Å²) >= 11 is 3.32. The quantitative estimate of drug-likeness (QED) is 0.655. The third kappa shape index (κ3) is 4.22. The van der Waals surface area contributed by atoms with Crippen LogP contribution < -0.4 is 5.32 Å². The number of aromatic nitrogens is 1. The topological polar surface area (TPSA) is 42.0 Å². The summed E-state index contributed by atoms with van der Waals surface area (Å²) in [4.78, 5) is 17.1. The van der Waals surface area contributed by atoms with Crippen LogP contribution in [0.5, 0.6) is 0 Å². The van der Waals surface area contributed by atoms with Crippen LogP contribution in [0.1, 0.15) is 16.1 Å². The minimum Gasteiger partial charge on any atom is -0.349 e. The summed E-state index contributed by atoms with van der Waals surface area (Å²) in [5.74, 6) is 0.779. The van der Waals surface area contributed by atoms with E-state index in [0.717, 1.165) is 16.3 Å². The SMILES string of the molecule is C=CCNC(=O)c1ccc(SCc2cscn2)cc1. The molecular weight excluding hydrogens is 276 g/mol. The Labute approximate surface area is 120 Å². The molecule has 2 aromatic rings. The first-order valence-corrected chi connectivity index (χ1v) is 7.71. The van der Waals surface area contributed by atoms with Crippen LogP contribution >= 0.6 is 23.1 Å². The predicted molar refractivity (Wildman–Crippen MR) is 80.6 cm³/mol. The predicted octanol–water partition coefficient (Wildman–Crippen LogP) is 3.35. The van der Waals surface area contributed by atoms with Crippen molar-refractivity contribution in [2.45, 2.75) is 10.6 Å². The average molecular weight is 290 g/mol. The van der Waals surface area contributed by atoms with E-state index in [2.05, 4.69) is 16.9 Å². The lowest BCUT2D eigenvalue weighted by Crippen LogP contribution is -2.22. The van der Waals surface area contributed by atoms with Crippen molar-refractivity contribution in [1.82, 2.24) is 10.3 Å². The first-order chi connectivity index (χ1) is 9.29. The Hall–Kier alpha value is -1.59. The molecule has 0 saturated heterocycles. The van der Waals surface area contributed by atoms with Crippen molar-refractivity contribution in [3.05, 3.63) is 59.1 Å². The summed E-state index contributed by atoms with van der Waals surface area (Å²) in [6.45, 7) is 4.05. The molecule has 1 amide bonds. The average Bonchev–Trinajstić information content (AvgIpc) is 2.96. The van der Waals surface area contributed by atoms with Crippen molar-refractivity contribution < 1.29 is 4.79 Å². The van der Waals surface area contributed by atoms with Gasteiger partial charge in [0.2, 0.25) is 0 Å². The molecule has 3 nitrogen and oxygen atoms in total. The Morgan fingerprint density at radius 3 is 2.84 bits per heavy atom. The fourth-order valence-electron chi connectivity index (χ4n) is 1.44. The summed E-state index contributed by atoms with van der Waals surface area (Å²) < 4.78 is 0. The standard InChI is InChI=1S/C14H14N2OS2/c1-2-7-15-14(17)11-3-5-13(6-4-11)19-9-12-8-18-10-16-12/h2-6,8,10H,1,7,9H2,(H,15,17). The van der Waals surface area contributed by atoms with Gasteiger partial charge in [-0.1, -0.05) is 6.08 Å². The van der Waals surface area contributed by atoms with Gasteiger partial charge in [0.05, 0.1) is 11.2 Å². The van der Waals surface area contributed by atoms with Crippen molar-refractivity contribution in [3.63, 3.8) is 0 Å². The van der Waals surface area contributed by atoms with Crippen LogP contribution in [0.15, 0.2) is 52.7 Å². The zero-order valence-electron chi connectivity index (χ0n) is 10.3. The normalized spacial score (nSPS) is 10.1. The highest BCUT2D eigenvalue weighted by atomic mass is 32.2. The minimum absolute atomic E-state index is 0.0732. The summed E-state index contributed by atoms with van der Waals surface area (Å²) in [6, 6.07) is 7.59. The molecule has 0 spiro atoms. The first-order valence-electron chi connectivity index (χ1n) is 5.78. The van der Waals surface area contributed by atoms with E-state index >= 15 is 0 Å². The number of carbonyl (C=O) groups excluding carboxylic acids is 1. The Balaban J connectivity index is 1.90. The van der Waals surface area contributed by atoms with E-state index in [9.17, 15) is 4.79 Å². The van der Waals surface area contributed by atoms with Gasteiger partial charge in [-0.2, -0.15) is 0 Å². The number of nitrogens with one attached hydrogen (secondary N) is 1. The molecule has 2 rings (SSSR count). The number of carbonyl (C=O) groups is 1. The van der Waals surface area contributed by atoms with Crippen LogP contribution in [0.2, 0.25) is 0 Å². The smallest absolute Gasteiger partial charge is 0.251 e. The second-order valence-electron chi connectivity index (χ2n) is 3.79. The lowest BCUT2D eigenvalue weighted by Gasteiger charge is -2.04. The van der Waals surface area contributed by atoms with E-state index in [1.54, 1.807) is 29.2 Å². The lowest BCUT2D eigenvalue weighted by atomic mass is 10.2. The van der Waals surface area contributed by atoms with Crippen molar-refractivity contribution in [2.75, 3.05) is 6.54 Å². The van der Waals surface area contributed by atoms with Gasteiger partial charge in [-0.15, -0.1) is 29.7 Å². The molecule has 1 aromatic heterocycles. The molecule has 1 heterocycles. The lowest BCUT2D eigenvalue weighted by molar-refractivity contribution is 0.0958. The molecule has 0 aliphatic rings. The molecule has 1 aromatic carbocycles. The van der Waals surface area contributed by atoms with Crippen LogP contribution in [-0.4, -0.2) is 17.4 Å². The number of rotatable bonds is 6. The number of thioether (sulfide) groups is 1. The van der Waals surface area contributed by atoms with E-state index in [0.29, 0.717) is 12.1 Å². The molecule has 5 heteroatoms. The van der Waals surface area contributed by atoms with Gasteiger partial charge in [-0.25, -0.2) is 4.98 Å². The molecule has 19 heavy (non-hydrogen) atoms. The Bertz CT molecular complexity index is 535. The highest BCUT2D eigenvalue weighted by Gasteiger charge is 2.04. The first kappa shape index (κ1) is 13.8. The summed E-state index contributed by atoms with van der Waals surface area (Å²) in [5, 5.41) is 4.80. The third-order valence-electron chi connectivity index (χ3n) is 2.39. The van der Waals surface area contributed by atoms with Crippen LogP contribution in [0.25, 0.3) is 0 Å². The van der Waals surface area contributed by atoms with Crippen molar-refractivity contribution in [1.29, 1.82) is 0 Å². The molecule has 0 saturated carbocycles. The van der Waals surface area contributed by atoms with E-state index in [-0.39, 0.29) is 5.91 Å². The van der Waals surface area contributed by atoms with Gasteiger partial charge in [0.1, 0.15) is 0 Å². The number of amides is 1. The summed E-state index contributed by atoms with van der Waals surface area (Å²) in [7, 11) is 0. The van der Waals surface area contributed by atoms with E-state index in [1.807, 2.05) is 35.2 Å². The maximum atomic E-state index is 11.7. The van der Waals surface area contributed by atoms with Crippen LogP contribution in [0.4, 0.5) is 0 Å². The zero-order valence-corrected chi connectivity index (χ0v) is 12.0. The molecule has 0 fully saturated rings. The van der Waals surface area contributed by atoms with Gasteiger partial charge in [0, 0.05) is 28.1 Å². The van der Waals surface area contributed by atoms with Gasteiger partial charge in [-0.3, -0.25) is 4.79 Å². The fourth-order valence-corrected chi connectivity index (χ4v) is 2.90. The zero-order chi connectivity index (χ0) is 13.5. The second-order valence-corrected chi connectivity index (χ2v) is 5.56. The highest BCUT2D eigenvalue weighted by Crippen LogP contribution is 2.22. The number of hydrogen-bond donors (Lipinski definition) is 1. The molecule has 0 aliphatic heterocycles. The van der Waals surface area contributed by atoms with E-state index in [4.69, 9.17) is 0 Å².